The molecule has 0 spiro atoms. The zero-order chi connectivity index (χ0) is 23.4. The van der Waals surface area contributed by atoms with E-state index in [2.05, 4.69) is 10.3 Å². The second-order valence-corrected chi connectivity index (χ2v) is 8.24. The summed E-state index contributed by atoms with van der Waals surface area (Å²) in [5.74, 6) is -2.06. The Morgan fingerprint density at radius 2 is 1.62 bits per heavy atom. The van der Waals surface area contributed by atoms with Gasteiger partial charge in [0.15, 0.2) is 6.61 Å². The molecule has 1 aliphatic carbocycles. The molecule has 0 saturated heterocycles. The summed E-state index contributed by atoms with van der Waals surface area (Å²) < 4.78 is 15.3. The van der Waals surface area contributed by atoms with E-state index in [1.807, 2.05) is 5.38 Å². The smallest absolute Gasteiger partial charge is 0.355 e. The lowest BCUT2D eigenvalue weighted by molar-refractivity contribution is -0.119. The van der Waals surface area contributed by atoms with E-state index in [4.69, 9.17) is 14.2 Å². The summed E-state index contributed by atoms with van der Waals surface area (Å²) in [6.07, 6.45) is 1.99. The first-order valence-electron chi connectivity index (χ1n) is 10.4. The average molecular weight is 463 g/mol. The summed E-state index contributed by atoms with van der Waals surface area (Å²) in [4.78, 5) is 52.2. The van der Waals surface area contributed by atoms with Crippen molar-refractivity contribution in [2.75, 3.05) is 25.1 Å². The molecule has 32 heavy (non-hydrogen) atoms. The third-order valence-corrected chi connectivity index (χ3v) is 5.94. The second-order valence-electron chi connectivity index (χ2n) is 7.36. The fourth-order valence-electron chi connectivity index (χ4n) is 3.40. The molecule has 172 valence electrons. The van der Waals surface area contributed by atoms with Crippen molar-refractivity contribution in [2.45, 2.75) is 46.5 Å². The number of hydrogen-bond donors (Lipinski definition) is 2. The summed E-state index contributed by atoms with van der Waals surface area (Å²) in [7, 11) is 0. The molecule has 0 aliphatic heterocycles. The minimum absolute atomic E-state index is 0.0812. The number of H-pyrrole nitrogens is 1. The monoisotopic (exact) mass is 462 g/mol. The van der Waals surface area contributed by atoms with E-state index in [1.165, 1.54) is 11.3 Å². The van der Waals surface area contributed by atoms with Gasteiger partial charge in [-0.25, -0.2) is 14.4 Å². The number of aromatic amines is 1. The fourth-order valence-corrected chi connectivity index (χ4v) is 4.45. The van der Waals surface area contributed by atoms with Crippen LogP contribution in [0.2, 0.25) is 0 Å². The Hall–Kier alpha value is -3.14. The molecule has 1 fully saturated rings. The van der Waals surface area contributed by atoms with Crippen LogP contribution in [0.4, 0.5) is 5.00 Å². The van der Waals surface area contributed by atoms with Gasteiger partial charge in [-0.3, -0.25) is 4.79 Å². The maximum atomic E-state index is 12.5. The molecule has 2 aromatic rings. The highest BCUT2D eigenvalue weighted by atomic mass is 32.1. The van der Waals surface area contributed by atoms with Crippen molar-refractivity contribution in [3.63, 3.8) is 0 Å². The Morgan fingerprint density at radius 1 is 1.00 bits per heavy atom. The van der Waals surface area contributed by atoms with Crippen LogP contribution < -0.4 is 5.32 Å². The Bertz CT molecular complexity index is 1050. The molecular formula is C22H26N2O7S. The van der Waals surface area contributed by atoms with Gasteiger partial charge in [-0.15, -0.1) is 11.3 Å². The first-order valence-corrected chi connectivity index (χ1v) is 11.3. The quantitative estimate of drug-likeness (QED) is 0.430. The third kappa shape index (κ3) is 5.01. The van der Waals surface area contributed by atoms with Crippen molar-refractivity contribution in [2.24, 2.45) is 0 Å². The number of aryl methyl sites for hydroxylation is 1. The van der Waals surface area contributed by atoms with E-state index >= 15 is 0 Å². The zero-order valence-electron chi connectivity index (χ0n) is 18.5. The number of ether oxygens (including phenoxy) is 3. The van der Waals surface area contributed by atoms with Gasteiger partial charge in [0.1, 0.15) is 10.7 Å². The predicted octanol–water partition coefficient (Wildman–Crippen LogP) is 3.72. The maximum absolute atomic E-state index is 12.5. The van der Waals surface area contributed by atoms with Crippen molar-refractivity contribution in [3.8, 4) is 0 Å². The fraction of sp³-hybridized carbons (Fsp3) is 0.455. The van der Waals surface area contributed by atoms with Gasteiger partial charge in [0, 0.05) is 5.69 Å². The van der Waals surface area contributed by atoms with Crippen LogP contribution in [0.25, 0.3) is 0 Å². The summed E-state index contributed by atoms with van der Waals surface area (Å²) in [5, 5.41) is 4.88. The minimum atomic E-state index is -0.772. The molecule has 1 saturated carbocycles. The van der Waals surface area contributed by atoms with Crippen molar-refractivity contribution in [1.82, 2.24) is 4.98 Å². The highest BCUT2D eigenvalue weighted by molar-refractivity contribution is 7.15. The zero-order valence-corrected chi connectivity index (χ0v) is 19.3. The number of anilines is 1. The van der Waals surface area contributed by atoms with Gasteiger partial charge in [-0.1, -0.05) is 0 Å². The third-order valence-electron chi connectivity index (χ3n) is 5.02. The highest BCUT2D eigenvalue weighted by Crippen LogP contribution is 2.46. The van der Waals surface area contributed by atoms with E-state index in [0.717, 1.165) is 18.4 Å². The lowest BCUT2D eigenvalue weighted by Crippen LogP contribution is -2.22. The van der Waals surface area contributed by atoms with E-state index < -0.39 is 30.4 Å². The van der Waals surface area contributed by atoms with Gasteiger partial charge in [0.2, 0.25) is 0 Å². The molecule has 1 amide bonds. The number of aromatic nitrogens is 1. The van der Waals surface area contributed by atoms with Gasteiger partial charge in [-0.05, 0) is 63.0 Å². The molecule has 9 nitrogen and oxygen atoms in total. The van der Waals surface area contributed by atoms with Crippen LogP contribution >= 0.6 is 11.3 Å². The number of nitrogens with one attached hydrogen (secondary N) is 2. The Balaban J connectivity index is 1.66. The molecule has 0 unspecified atom stereocenters. The largest absolute Gasteiger partial charge is 0.462 e. The van der Waals surface area contributed by atoms with Gasteiger partial charge >= 0.3 is 17.9 Å². The first-order chi connectivity index (χ1) is 15.3. The predicted molar refractivity (Wildman–Crippen MR) is 117 cm³/mol. The average Bonchev–Trinajstić information content (AvgIpc) is 3.43. The molecule has 3 rings (SSSR count). The number of hydrogen-bond acceptors (Lipinski definition) is 8. The molecule has 0 atom stereocenters. The van der Waals surface area contributed by atoms with Crippen LogP contribution in [0.3, 0.4) is 0 Å². The van der Waals surface area contributed by atoms with Gasteiger partial charge < -0.3 is 24.5 Å². The molecule has 2 aromatic heterocycles. The number of esters is 3. The van der Waals surface area contributed by atoms with Crippen LogP contribution in [0.15, 0.2) is 5.38 Å². The molecule has 0 aromatic carbocycles. The van der Waals surface area contributed by atoms with Gasteiger partial charge in [0.25, 0.3) is 5.91 Å². The minimum Gasteiger partial charge on any atom is -0.462 e. The van der Waals surface area contributed by atoms with Crippen LogP contribution in [-0.2, 0) is 19.0 Å². The summed E-state index contributed by atoms with van der Waals surface area (Å²) >= 11 is 1.24. The maximum Gasteiger partial charge on any atom is 0.355 e. The number of rotatable bonds is 9. The molecule has 2 heterocycles. The lowest BCUT2D eigenvalue weighted by Gasteiger charge is -2.09. The molecule has 2 N–H and O–H groups in total. The molecule has 0 bridgehead atoms. The highest BCUT2D eigenvalue weighted by Gasteiger charge is 2.32. The van der Waals surface area contributed by atoms with Crippen molar-refractivity contribution in [1.29, 1.82) is 0 Å². The molecule has 0 radical (unpaired) electrons. The van der Waals surface area contributed by atoms with Crippen molar-refractivity contribution >= 4 is 40.2 Å². The van der Waals surface area contributed by atoms with Crippen LogP contribution in [0, 0.1) is 13.8 Å². The molecular weight excluding hydrogens is 436 g/mol. The second kappa shape index (κ2) is 9.99. The summed E-state index contributed by atoms with van der Waals surface area (Å²) in [6.45, 7) is 6.54. The van der Waals surface area contributed by atoms with E-state index in [0.29, 0.717) is 27.7 Å². The standard InChI is InChI=1S/C22H26N2O7S/c1-5-29-20(26)16-11(3)18(23-12(16)4)22(28)31-9-15(25)24-19-17(21(27)30-6-2)14(10-32-19)13-7-8-13/h10,13,23H,5-9H2,1-4H3,(H,24,25). The van der Waals surface area contributed by atoms with Crippen LogP contribution in [0.1, 0.15) is 80.6 Å². The molecule has 1 aliphatic rings. The van der Waals surface area contributed by atoms with Gasteiger partial charge in [-0.2, -0.15) is 0 Å². The Labute approximate surface area is 189 Å². The number of carbonyl (C=O) groups is 4. The number of thiophene rings is 1. The number of carbonyl (C=O) groups excluding carboxylic acids is 4. The van der Waals surface area contributed by atoms with Crippen molar-refractivity contribution < 1.29 is 33.4 Å². The Kier molecular flexibility index (Phi) is 7.34. The SMILES string of the molecule is CCOC(=O)c1c(C2CC2)csc1NC(=O)COC(=O)c1[nH]c(C)c(C(=O)OCC)c1C. The van der Waals surface area contributed by atoms with E-state index in [-0.39, 0.29) is 24.5 Å². The van der Waals surface area contributed by atoms with Crippen molar-refractivity contribution in [3.05, 3.63) is 39.0 Å². The van der Waals surface area contributed by atoms with E-state index in [9.17, 15) is 19.2 Å². The lowest BCUT2D eigenvalue weighted by atomic mass is 10.1. The topological polar surface area (TPSA) is 124 Å². The summed E-state index contributed by atoms with van der Waals surface area (Å²) in [6, 6.07) is 0. The van der Waals surface area contributed by atoms with Crippen LogP contribution in [-0.4, -0.2) is 48.6 Å². The molecule has 10 heteroatoms. The normalized spacial score (nSPS) is 12.9. The number of amides is 1. The van der Waals surface area contributed by atoms with Crippen LogP contribution in [0.5, 0.6) is 0 Å². The van der Waals surface area contributed by atoms with Gasteiger partial charge in [0.05, 0.1) is 24.3 Å². The van der Waals surface area contributed by atoms with E-state index in [1.54, 1.807) is 27.7 Å². The first kappa shape index (κ1) is 23.5. The Morgan fingerprint density at radius 3 is 2.22 bits per heavy atom. The summed E-state index contributed by atoms with van der Waals surface area (Å²) in [5.41, 5.74) is 2.47.